The molecule has 0 saturated carbocycles. The van der Waals surface area contributed by atoms with Crippen molar-refractivity contribution >= 4 is 35.1 Å². The van der Waals surface area contributed by atoms with Gasteiger partial charge in [0.05, 0.1) is 17.8 Å². The second kappa shape index (κ2) is 8.20. The number of fused-ring (bicyclic) bond motifs is 1. The number of nitrogens with one attached hydrogen (secondary N) is 1. The van der Waals surface area contributed by atoms with Gasteiger partial charge in [0.15, 0.2) is 6.04 Å². The maximum absolute atomic E-state index is 12.8. The number of amides is 3. The summed E-state index contributed by atoms with van der Waals surface area (Å²) in [6.45, 7) is 3.75. The highest BCUT2D eigenvalue weighted by atomic mass is 16.4. The number of carboxylic acid groups (broad SMARTS) is 1. The van der Waals surface area contributed by atoms with Crippen molar-refractivity contribution < 1.29 is 24.3 Å². The first-order valence-corrected chi connectivity index (χ1v) is 8.79. The topological polar surface area (TPSA) is 107 Å². The molecule has 0 bridgehead atoms. The first-order chi connectivity index (χ1) is 12.6. The highest BCUT2D eigenvalue weighted by Gasteiger charge is 2.39. The summed E-state index contributed by atoms with van der Waals surface area (Å²) in [4.78, 5) is 52.0. The molecule has 0 saturated heterocycles. The van der Waals surface area contributed by atoms with Crippen LogP contribution in [0.2, 0.25) is 0 Å². The number of anilines is 2. The van der Waals surface area contributed by atoms with E-state index in [9.17, 15) is 19.2 Å². The Labute approximate surface area is 158 Å². The summed E-state index contributed by atoms with van der Waals surface area (Å²) in [5.74, 6) is -3.56. The molecule has 0 spiro atoms. The lowest BCUT2D eigenvalue weighted by Crippen LogP contribution is -2.55. The molecular formula is C19H25N3O5. The molecule has 3 amide bonds. The molecule has 1 aromatic rings. The number of rotatable bonds is 6. The molecule has 8 heteroatoms. The number of hydrogen-bond acceptors (Lipinski definition) is 4. The van der Waals surface area contributed by atoms with Crippen LogP contribution in [-0.2, 0) is 19.2 Å². The summed E-state index contributed by atoms with van der Waals surface area (Å²) in [6.07, 6.45) is -0.00977. The maximum atomic E-state index is 12.8. The quantitative estimate of drug-likeness (QED) is 0.728. The molecule has 146 valence electrons. The van der Waals surface area contributed by atoms with E-state index in [0.29, 0.717) is 17.8 Å². The van der Waals surface area contributed by atoms with E-state index in [1.807, 2.05) is 13.8 Å². The zero-order valence-electron chi connectivity index (χ0n) is 15.9. The SMILES string of the molecule is CC(C)CC(CC(=O)O)C(=O)NC1C(=O)N(C)c2ccccc2N(C)C1=O. The molecule has 1 atom stereocenters. The summed E-state index contributed by atoms with van der Waals surface area (Å²) in [6, 6.07) is 5.54. The summed E-state index contributed by atoms with van der Waals surface area (Å²) >= 11 is 0. The van der Waals surface area contributed by atoms with Crippen molar-refractivity contribution in [2.75, 3.05) is 23.9 Å². The summed E-state index contributed by atoms with van der Waals surface area (Å²) in [7, 11) is 3.07. The maximum Gasteiger partial charge on any atom is 0.304 e. The molecule has 1 unspecified atom stereocenters. The molecule has 1 aromatic carbocycles. The molecule has 2 rings (SSSR count). The molecule has 1 aliphatic rings. The molecule has 1 aliphatic heterocycles. The number of carbonyl (C=O) groups excluding carboxylic acids is 3. The first-order valence-electron chi connectivity index (χ1n) is 8.79. The average Bonchev–Trinajstić information content (AvgIpc) is 2.67. The van der Waals surface area contributed by atoms with Gasteiger partial charge in [0, 0.05) is 20.0 Å². The Morgan fingerprint density at radius 1 is 1.07 bits per heavy atom. The van der Waals surface area contributed by atoms with Crippen LogP contribution in [0.1, 0.15) is 26.7 Å². The molecule has 0 radical (unpaired) electrons. The van der Waals surface area contributed by atoms with Gasteiger partial charge >= 0.3 is 5.97 Å². The van der Waals surface area contributed by atoms with Crippen LogP contribution in [0.15, 0.2) is 24.3 Å². The van der Waals surface area contributed by atoms with Gasteiger partial charge in [0.2, 0.25) is 5.91 Å². The van der Waals surface area contributed by atoms with Gasteiger partial charge in [-0.3, -0.25) is 19.2 Å². The van der Waals surface area contributed by atoms with Gasteiger partial charge < -0.3 is 20.2 Å². The Balaban J connectivity index is 2.29. The zero-order valence-corrected chi connectivity index (χ0v) is 15.9. The van der Waals surface area contributed by atoms with E-state index in [0.717, 1.165) is 0 Å². The van der Waals surface area contributed by atoms with Gasteiger partial charge in [-0.1, -0.05) is 26.0 Å². The van der Waals surface area contributed by atoms with Crippen LogP contribution in [0.5, 0.6) is 0 Å². The second-order valence-electron chi connectivity index (χ2n) is 7.15. The summed E-state index contributed by atoms with van der Waals surface area (Å²) < 4.78 is 0. The number of carbonyl (C=O) groups is 4. The number of carboxylic acids is 1. The predicted molar refractivity (Wildman–Crippen MR) is 100 cm³/mol. The molecule has 0 aromatic heterocycles. The molecule has 1 heterocycles. The van der Waals surface area contributed by atoms with Crippen LogP contribution in [0, 0.1) is 11.8 Å². The molecule has 0 fully saturated rings. The van der Waals surface area contributed by atoms with E-state index < -0.39 is 35.7 Å². The first kappa shape index (κ1) is 20.4. The average molecular weight is 375 g/mol. The van der Waals surface area contributed by atoms with Crippen LogP contribution in [0.4, 0.5) is 11.4 Å². The van der Waals surface area contributed by atoms with Gasteiger partial charge in [0.1, 0.15) is 0 Å². The lowest BCUT2D eigenvalue weighted by Gasteiger charge is -2.23. The standard InChI is InChI=1S/C19H25N3O5/c1-11(2)9-12(10-15(23)24)17(25)20-16-18(26)21(3)13-7-5-6-8-14(13)22(4)19(16)27/h5-8,11-12,16H,9-10H2,1-4H3,(H,20,25)(H,23,24). The Hall–Kier alpha value is -2.90. The fourth-order valence-electron chi connectivity index (χ4n) is 3.21. The lowest BCUT2D eigenvalue weighted by atomic mass is 9.93. The minimum absolute atomic E-state index is 0.0928. The van der Waals surface area contributed by atoms with Crippen LogP contribution < -0.4 is 15.1 Å². The van der Waals surface area contributed by atoms with Crippen LogP contribution in [-0.4, -0.2) is 48.9 Å². The van der Waals surface area contributed by atoms with E-state index in [1.54, 1.807) is 24.3 Å². The van der Waals surface area contributed by atoms with Gasteiger partial charge in [-0.2, -0.15) is 0 Å². The van der Waals surface area contributed by atoms with E-state index >= 15 is 0 Å². The molecule has 27 heavy (non-hydrogen) atoms. The van der Waals surface area contributed by atoms with Crippen molar-refractivity contribution in [3.63, 3.8) is 0 Å². The van der Waals surface area contributed by atoms with Crippen molar-refractivity contribution in [3.05, 3.63) is 24.3 Å². The fourth-order valence-corrected chi connectivity index (χ4v) is 3.21. The summed E-state index contributed by atoms with van der Waals surface area (Å²) in [5, 5.41) is 11.6. The minimum atomic E-state index is -1.40. The van der Waals surface area contributed by atoms with Crippen molar-refractivity contribution in [3.8, 4) is 0 Å². The van der Waals surface area contributed by atoms with Gasteiger partial charge in [-0.15, -0.1) is 0 Å². The van der Waals surface area contributed by atoms with Crippen LogP contribution in [0.25, 0.3) is 0 Å². The van der Waals surface area contributed by atoms with E-state index in [1.165, 1.54) is 23.9 Å². The number of likely N-dealkylation sites (N-methyl/N-ethyl adjacent to an activating group) is 2. The number of para-hydroxylation sites is 2. The molecule has 8 nitrogen and oxygen atoms in total. The molecule has 2 N–H and O–H groups in total. The van der Waals surface area contributed by atoms with Gasteiger partial charge in [0.25, 0.3) is 11.8 Å². The third-order valence-corrected chi connectivity index (χ3v) is 4.59. The van der Waals surface area contributed by atoms with E-state index in [2.05, 4.69) is 5.32 Å². The van der Waals surface area contributed by atoms with E-state index in [4.69, 9.17) is 5.11 Å². The van der Waals surface area contributed by atoms with Crippen molar-refractivity contribution in [1.29, 1.82) is 0 Å². The van der Waals surface area contributed by atoms with Crippen LogP contribution in [0.3, 0.4) is 0 Å². The minimum Gasteiger partial charge on any atom is -0.481 e. The third-order valence-electron chi connectivity index (χ3n) is 4.59. The largest absolute Gasteiger partial charge is 0.481 e. The second-order valence-corrected chi connectivity index (χ2v) is 7.15. The number of benzene rings is 1. The molecular weight excluding hydrogens is 350 g/mol. The van der Waals surface area contributed by atoms with Crippen molar-refractivity contribution in [2.45, 2.75) is 32.7 Å². The Kier molecular flexibility index (Phi) is 6.20. The van der Waals surface area contributed by atoms with Crippen LogP contribution >= 0.6 is 0 Å². The normalized spacial score (nSPS) is 16.2. The number of hydrogen-bond donors (Lipinski definition) is 2. The summed E-state index contributed by atoms with van der Waals surface area (Å²) in [5.41, 5.74) is 1.11. The predicted octanol–water partition coefficient (Wildman–Crippen LogP) is 1.25. The van der Waals surface area contributed by atoms with Crippen molar-refractivity contribution in [1.82, 2.24) is 5.32 Å². The van der Waals surface area contributed by atoms with Gasteiger partial charge in [-0.05, 0) is 24.5 Å². The smallest absolute Gasteiger partial charge is 0.304 e. The number of aliphatic carboxylic acids is 1. The van der Waals surface area contributed by atoms with E-state index in [-0.39, 0.29) is 12.3 Å². The van der Waals surface area contributed by atoms with Gasteiger partial charge in [-0.25, -0.2) is 0 Å². The Morgan fingerprint density at radius 2 is 1.56 bits per heavy atom. The fraction of sp³-hybridized carbons (Fsp3) is 0.474. The van der Waals surface area contributed by atoms with Crippen molar-refractivity contribution in [2.24, 2.45) is 11.8 Å². The molecule has 0 aliphatic carbocycles. The highest BCUT2D eigenvalue weighted by molar-refractivity contribution is 6.21. The lowest BCUT2D eigenvalue weighted by molar-refractivity contribution is -0.142. The Morgan fingerprint density at radius 3 is 1.96 bits per heavy atom. The highest BCUT2D eigenvalue weighted by Crippen LogP contribution is 2.31. The zero-order chi connectivity index (χ0) is 20.3. The Bertz CT molecular complexity index is 720. The third kappa shape index (κ3) is 4.45. The number of nitrogens with zero attached hydrogens (tertiary/aromatic N) is 2. The monoisotopic (exact) mass is 375 g/mol.